The molecule has 0 saturated carbocycles. The maximum Gasteiger partial charge on any atom is 0.343 e. The Morgan fingerprint density at radius 3 is 2.52 bits per heavy atom. The van der Waals surface area contributed by atoms with Crippen LogP contribution in [0.25, 0.3) is 0 Å². The number of benzene rings is 2. The van der Waals surface area contributed by atoms with Crippen LogP contribution in [0.2, 0.25) is 0 Å². The van der Waals surface area contributed by atoms with E-state index in [1.54, 1.807) is 12.1 Å². The highest BCUT2D eigenvalue weighted by Crippen LogP contribution is 2.17. The third kappa shape index (κ3) is 5.41. The summed E-state index contributed by atoms with van der Waals surface area (Å²) in [6.45, 7) is 5.76. The topological polar surface area (TPSA) is 32.8 Å². The van der Waals surface area contributed by atoms with Gasteiger partial charge in [-0.05, 0) is 56.3 Å². The minimum absolute atomic E-state index is 0.310. The van der Waals surface area contributed by atoms with E-state index in [0.29, 0.717) is 11.3 Å². The van der Waals surface area contributed by atoms with Crippen LogP contribution in [0.15, 0.2) is 54.6 Å². The van der Waals surface area contributed by atoms with Gasteiger partial charge in [0.25, 0.3) is 0 Å². The minimum atomic E-state index is -0.310. The summed E-state index contributed by atoms with van der Waals surface area (Å²) in [5.41, 5.74) is 1.79. The molecule has 1 aliphatic rings. The van der Waals surface area contributed by atoms with Crippen molar-refractivity contribution in [1.82, 2.24) is 9.80 Å². The van der Waals surface area contributed by atoms with E-state index in [0.717, 1.165) is 45.6 Å². The van der Waals surface area contributed by atoms with Gasteiger partial charge in [-0.15, -0.1) is 0 Å². The van der Waals surface area contributed by atoms with Gasteiger partial charge < -0.3 is 14.5 Å². The van der Waals surface area contributed by atoms with Crippen molar-refractivity contribution in [2.24, 2.45) is 0 Å². The molecule has 0 aliphatic carbocycles. The summed E-state index contributed by atoms with van der Waals surface area (Å²) in [5.74, 6) is 0.307. The predicted octanol–water partition coefficient (Wildman–Crippen LogP) is 3.09. The van der Waals surface area contributed by atoms with E-state index in [1.165, 1.54) is 5.56 Å². The Morgan fingerprint density at radius 1 is 1.00 bits per heavy atom. The van der Waals surface area contributed by atoms with E-state index in [-0.39, 0.29) is 5.97 Å². The Bertz CT molecular complexity index is 679. The Kier molecular flexibility index (Phi) is 6.20. The van der Waals surface area contributed by atoms with E-state index in [1.807, 2.05) is 36.4 Å². The Balaban J connectivity index is 1.49. The number of aryl methyl sites for hydroxylation is 1. The van der Waals surface area contributed by atoms with Gasteiger partial charge >= 0.3 is 5.97 Å². The first-order valence-corrected chi connectivity index (χ1v) is 8.98. The van der Waals surface area contributed by atoms with E-state index in [4.69, 9.17) is 4.74 Å². The zero-order chi connectivity index (χ0) is 17.5. The average molecular weight is 338 g/mol. The van der Waals surface area contributed by atoms with Crippen LogP contribution in [0.1, 0.15) is 22.3 Å². The normalized spacial score (nSPS) is 15.9. The summed E-state index contributed by atoms with van der Waals surface area (Å²) in [7, 11) is 2.18. The molecule has 3 rings (SSSR count). The van der Waals surface area contributed by atoms with Gasteiger partial charge in [-0.1, -0.05) is 30.3 Å². The highest BCUT2D eigenvalue weighted by Gasteiger charge is 2.13. The average Bonchev–Trinajstić information content (AvgIpc) is 2.64. The van der Waals surface area contributed by atoms with Gasteiger partial charge in [-0.3, -0.25) is 0 Å². The highest BCUT2D eigenvalue weighted by molar-refractivity contribution is 5.90. The van der Waals surface area contributed by atoms with Crippen molar-refractivity contribution in [3.8, 4) is 5.75 Å². The summed E-state index contributed by atoms with van der Waals surface area (Å²) in [4.78, 5) is 17.0. The van der Waals surface area contributed by atoms with Gasteiger partial charge in [0.15, 0.2) is 0 Å². The smallest absolute Gasteiger partial charge is 0.343 e. The second kappa shape index (κ2) is 8.79. The van der Waals surface area contributed by atoms with Gasteiger partial charge in [0.1, 0.15) is 5.75 Å². The molecule has 132 valence electrons. The summed E-state index contributed by atoms with van der Waals surface area (Å²) in [6.07, 6.45) is 2.13. The zero-order valence-electron chi connectivity index (χ0n) is 14.9. The molecule has 1 saturated heterocycles. The third-order valence-electron chi connectivity index (χ3n) is 4.65. The number of hydrogen-bond donors (Lipinski definition) is 0. The molecule has 2 aromatic carbocycles. The van der Waals surface area contributed by atoms with Crippen molar-refractivity contribution in [3.05, 3.63) is 65.7 Å². The third-order valence-corrected chi connectivity index (χ3v) is 4.65. The van der Waals surface area contributed by atoms with Crippen molar-refractivity contribution < 1.29 is 9.53 Å². The minimum Gasteiger partial charge on any atom is -0.423 e. The molecule has 0 atom stereocenters. The van der Waals surface area contributed by atoms with Gasteiger partial charge in [0.05, 0.1) is 5.56 Å². The van der Waals surface area contributed by atoms with Crippen LogP contribution in [-0.4, -0.2) is 55.5 Å². The van der Waals surface area contributed by atoms with Gasteiger partial charge in [0, 0.05) is 26.2 Å². The van der Waals surface area contributed by atoms with Crippen LogP contribution < -0.4 is 4.74 Å². The lowest BCUT2D eigenvalue weighted by Crippen LogP contribution is -2.44. The predicted molar refractivity (Wildman–Crippen MR) is 100 cm³/mol. The number of nitrogens with zero attached hydrogens (tertiary/aromatic N) is 2. The number of rotatable bonds is 6. The Hall–Kier alpha value is -2.17. The van der Waals surface area contributed by atoms with Gasteiger partial charge in [-0.25, -0.2) is 4.79 Å². The first-order valence-electron chi connectivity index (χ1n) is 8.98. The molecule has 2 aromatic rings. The van der Waals surface area contributed by atoms with Gasteiger partial charge in [-0.2, -0.15) is 0 Å². The van der Waals surface area contributed by atoms with Crippen LogP contribution in [0.4, 0.5) is 0 Å². The van der Waals surface area contributed by atoms with Crippen molar-refractivity contribution in [3.63, 3.8) is 0 Å². The number of hydrogen-bond acceptors (Lipinski definition) is 4. The molecule has 0 spiro atoms. The molecule has 0 aromatic heterocycles. The van der Waals surface area contributed by atoms with Crippen LogP contribution in [0.3, 0.4) is 0 Å². The fourth-order valence-corrected chi connectivity index (χ4v) is 3.08. The van der Waals surface area contributed by atoms with Crippen molar-refractivity contribution >= 4 is 5.97 Å². The quantitative estimate of drug-likeness (QED) is 0.599. The fourth-order valence-electron chi connectivity index (χ4n) is 3.08. The number of carbonyl (C=O) groups is 1. The first-order chi connectivity index (χ1) is 12.2. The molecular weight excluding hydrogens is 312 g/mol. The number of likely N-dealkylation sites (N-methyl/N-ethyl adjacent to an activating group) is 1. The molecule has 4 heteroatoms. The largest absolute Gasteiger partial charge is 0.423 e. The lowest BCUT2D eigenvalue weighted by molar-refractivity contribution is 0.0734. The second-order valence-electron chi connectivity index (χ2n) is 6.65. The van der Waals surface area contributed by atoms with Crippen molar-refractivity contribution in [1.29, 1.82) is 0 Å². The molecule has 0 unspecified atom stereocenters. The molecule has 1 aliphatic heterocycles. The molecule has 0 bridgehead atoms. The summed E-state index contributed by atoms with van der Waals surface area (Å²) in [5, 5.41) is 0. The molecule has 1 heterocycles. The first kappa shape index (κ1) is 17.6. The standard InChI is InChI=1S/C21H26N2O2/c1-22-13-15-23(16-14-22)12-6-8-18-7-5-11-20(17-18)25-21(24)19-9-3-2-4-10-19/h2-5,7,9-11,17H,6,8,12-16H2,1H3. The van der Waals surface area contributed by atoms with Crippen molar-refractivity contribution in [2.45, 2.75) is 12.8 Å². The highest BCUT2D eigenvalue weighted by atomic mass is 16.5. The van der Waals surface area contributed by atoms with E-state index >= 15 is 0 Å². The Morgan fingerprint density at radius 2 is 1.76 bits per heavy atom. The van der Waals surface area contributed by atoms with Crippen molar-refractivity contribution in [2.75, 3.05) is 39.8 Å². The lowest BCUT2D eigenvalue weighted by atomic mass is 10.1. The monoisotopic (exact) mass is 338 g/mol. The van der Waals surface area contributed by atoms with E-state index < -0.39 is 0 Å². The summed E-state index contributed by atoms with van der Waals surface area (Å²) in [6, 6.07) is 17.0. The van der Waals surface area contributed by atoms with E-state index in [2.05, 4.69) is 22.9 Å². The maximum absolute atomic E-state index is 12.1. The zero-order valence-corrected chi connectivity index (χ0v) is 14.9. The number of ether oxygens (including phenoxy) is 1. The summed E-state index contributed by atoms with van der Waals surface area (Å²) >= 11 is 0. The molecule has 0 N–H and O–H groups in total. The van der Waals surface area contributed by atoms with Crippen LogP contribution >= 0.6 is 0 Å². The van der Waals surface area contributed by atoms with Crippen LogP contribution in [0, 0.1) is 0 Å². The molecule has 0 amide bonds. The molecular formula is C21H26N2O2. The van der Waals surface area contributed by atoms with E-state index in [9.17, 15) is 4.79 Å². The van der Waals surface area contributed by atoms with Crippen LogP contribution in [-0.2, 0) is 6.42 Å². The fraction of sp³-hybridized carbons (Fsp3) is 0.381. The Labute approximate surface area is 150 Å². The number of carbonyl (C=O) groups excluding carboxylic acids is 1. The number of piperazine rings is 1. The number of esters is 1. The summed E-state index contributed by atoms with van der Waals surface area (Å²) < 4.78 is 5.49. The second-order valence-corrected chi connectivity index (χ2v) is 6.65. The maximum atomic E-state index is 12.1. The van der Waals surface area contributed by atoms with Crippen LogP contribution in [0.5, 0.6) is 5.75 Å². The molecule has 25 heavy (non-hydrogen) atoms. The molecule has 0 radical (unpaired) electrons. The lowest BCUT2D eigenvalue weighted by Gasteiger charge is -2.32. The molecule has 1 fully saturated rings. The van der Waals surface area contributed by atoms with Gasteiger partial charge in [0.2, 0.25) is 0 Å². The SMILES string of the molecule is CN1CCN(CCCc2cccc(OC(=O)c3ccccc3)c2)CC1. The molecule has 4 nitrogen and oxygen atoms in total.